The molecule has 2 aliphatic heterocycles. The van der Waals surface area contributed by atoms with E-state index in [1.54, 1.807) is 4.90 Å². The Morgan fingerprint density at radius 2 is 1.62 bits per heavy atom. The summed E-state index contributed by atoms with van der Waals surface area (Å²) < 4.78 is 5.74. The number of fused-ring (bicyclic) bond motifs is 3. The monoisotopic (exact) mass is 434 g/mol. The number of carbonyl (C=O) groups is 3. The Labute approximate surface area is 186 Å². The van der Waals surface area contributed by atoms with E-state index in [9.17, 15) is 19.5 Å². The number of aliphatic carboxylic acids is 1. The Balaban J connectivity index is 1.25. The quantitative estimate of drug-likeness (QED) is 0.773. The van der Waals surface area contributed by atoms with Gasteiger partial charge in [-0.2, -0.15) is 0 Å². The molecule has 0 bridgehead atoms. The van der Waals surface area contributed by atoms with E-state index in [1.165, 1.54) is 11.1 Å². The first kappa shape index (κ1) is 20.5. The zero-order valence-electron chi connectivity index (χ0n) is 17.8. The fraction of sp³-hybridized carbons (Fsp3) is 0.400. The second-order valence-electron chi connectivity index (χ2n) is 9.03. The van der Waals surface area contributed by atoms with Gasteiger partial charge in [0.25, 0.3) is 0 Å². The van der Waals surface area contributed by atoms with E-state index in [1.807, 2.05) is 24.3 Å². The molecule has 0 radical (unpaired) electrons. The lowest BCUT2D eigenvalue weighted by Gasteiger charge is -2.46. The first-order chi connectivity index (χ1) is 15.5. The molecule has 0 aromatic heterocycles. The molecule has 2 aromatic carbocycles. The summed E-state index contributed by atoms with van der Waals surface area (Å²) in [6.07, 6.45) is 0.792. The molecule has 166 valence electrons. The van der Waals surface area contributed by atoms with E-state index in [4.69, 9.17) is 4.74 Å². The molecule has 2 amide bonds. The maximum atomic E-state index is 12.8. The van der Waals surface area contributed by atoms with Gasteiger partial charge in [0, 0.05) is 32.0 Å². The third-order valence-electron chi connectivity index (χ3n) is 7.41. The number of nitrogens with one attached hydrogen (secondary N) is 1. The molecule has 1 aliphatic carbocycles. The van der Waals surface area contributed by atoms with Crippen LogP contribution in [0.5, 0.6) is 0 Å². The Morgan fingerprint density at radius 1 is 1.03 bits per heavy atom. The molecule has 2 N–H and O–H groups in total. The van der Waals surface area contributed by atoms with Crippen molar-refractivity contribution in [3.63, 3.8) is 0 Å². The van der Waals surface area contributed by atoms with E-state index in [-0.39, 0.29) is 37.5 Å². The minimum atomic E-state index is -0.889. The molecule has 1 spiro atoms. The van der Waals surface area contributed by atoms with Crippen LogP contribution >= 0.6 is 0 Å². The van der Waals surface area contributed by atoms with Gasteiger partial charge < -0.3 is 20.1 Å². The third-order valence-corrected chi connectivity index (χ3v) is 7.41. The van der Waals surface area contributed by atoms with E-state index >= 15 is 0 Å². The normalized spacial score (nSPS) is 21.6. The smallest absolute Gasteiger partial charge is 0.409 e. The molecule has 1 atom stereocenters. The summed E-state index contributed by atoms with van der Waals surface area (Å²) in [5.41, 5.74) is 4.10. The molecular weight excluding hydrogens is 408 g/mol. The van der Waals surface area contributed by atoms with Gasteiger partial charge in [-0.25, -0.2) is 4.79 Å². The van der Waals surface area contributed by atoms with Gasteiger partial charge in [-0.3, -0.25) is 9.59 Å². The first-order valence-corrected chi connectivity index (χ1v) is 11.1. The zero-order valence-corrected chi connectivity index (χ0v) is 17.8. The highest BCUT2D eigenvalue weighted by atomic mass is 16.6. The van der Waals surface area contributed by atoms with E-state index in [0.29, 0.717) is 25.9 Å². The lowest BCUT2D eigenvalue weighted by atomic mass is 9.64. The molecule has 1 unspecified atom stereocenters. The van der Waals surface area contributed by atoms with Gasteiger partial charge in [-0.15, -0.1) is 0 Å². The number of piperidine rings is 2. The van der Waals surface area contributed by atoms with Crippen LogP contribution in [-0.2, 0) is 14.3 Å². The van der Waals surface area contributed by atoms with Crippen LogP contribution in [0.4, 0.5) is 4.79 Å². The second kappa shape index (κ2) is 7.97. The SMILES string of the molecule is O=C1CC2(CCN(C(=O)OCC3c4ccccc4-c4ccccc43)CC2)C(C(=O)O)CN1. The molecular formula is C25H26N2O5. The fourth-order valence-electron chi connectivity index (χ4n) is 5.63. The molecule has 7 nitrogen and oxygen atoms in total. The Kier molecular flexibility index (Phi) is 5.12. The molecule has 2 saturated heterocycles. The maximum Gasteiger partial charge on any atom is 0.409 e. The molecule has 5 rings (SSSR count). The topological polar surface area (TPSA) is 95.9 Å². The van der Waals surface area contributed by atoms with E-state index in [0.717, 1.165) is 11.1 Å². The number of nitrogens with zero attached hydrogens (tertiary/aromatic N) is 1. The molecule has 2 heterocycles. The van der Waals surface area contributed by atoms with Crippen LogP contribution in [0.25, 0.3) is 11.1 Å². The van der Waals surface area contributed by atoms with Gasteiger partial charge in [0.05, 0.1) is 5.92 Å². The van der Waals surface area contributed by atoms with Gasteiger partial charge in [-0.05, 0) is 40.5 Å². The number of carbonyl (C=O) groups excluding carboxylic acids is 2. The van der Waals surface area contributed by atoms with Crippen molar-refractivity contribution in [1.82, 2.24) is 10.2 Å². The highest BCUT2D eigenvalue weighted by Crippen LogP contribution is 2.46. The van der Waals surface area contributed by atoms with Crippen LogP contribution in [0.2, 0.25) is 0 Å². The summed E-state index contributed by atoms with van der Waals surface area (Å²) in [6.45, 7) is 1.20. The molecule has 2 aromatic rings. The average Bonchev–Trinajstić information content (AvgIpc) is 3.11. The Morgan fingerprint density at radius 3 is 2.22 bits per heavy atom. The van der Waals surface area contributed by atoms with Gasteiger partial charge in [-0.1, -0.05) is 48.5 Å². The molecule has 7 heteroatoms. The first-order valence-electron chi connectivity index (χ1n) is 11.1. The average molecular weight is 434 g/mol. The summed E-state index contributed by atoms with van der Waals surface area (Å²) in [7, 11) is 0. The van der Waals surface area contributed by atoms with Crippen molar-refractivity contribution < 1.29 is 24.2 Å². The Bertz CT molecular complexity index is 1030. The van der Waals surface area contributed by atoms with E-state index < -0.39 is 17.3 Å². The van der Waals surface area contributed by atoms with Crippen molar-refractivity contribution in [1.29, 1.82) is 0 Å². The summed E-state index contributed by atoms with van der Waals surface area (Å²) in [6, 6.07) is 16.4. The number of ether oxygens (including phenoxy) is 1. The van der Waals surface area contributed by atoms with Crippen LogP contribution in [0.1, 0.15) is 36.3 Å². The van der Waals surface area contributed by atoms with Gasteiger partial charge in [0.1, 0.15) is 6.61 Å². The highest BCUT2D eigenvalue weighted by Gasteiger charge is 2.49. The number of amides is 2. The summed E-state index contributed by atoms with van der Waals surface area (Å²) >= 11 is 0. The fourth-order valence-corrected chi connectivity index (χ4v) is 5.63. The van der Waals surface area contributed by atoms with E-state index in [2.05, 4.69) is 29.6 Å². The van der Waals surface area contributed by atoms with Crippen LogP contribution < -0.4 is 5.32 Å². The number of rotatable bonds is 3. The number of hydrogen-bond donors (Lipinski definition) is 2. The molecule has 32 heavy (non-hydrogen) atoms. The van der Waals surface area contributed by atoms with Crippen molar-refractivity contribution in [3.8, 4) is 11.1 Å². The number of likely N-dealkylation sites (tertiary alicyclic amines) is 1. The number of carboxylic acid groups (broad SMARTS) is 1. The summed E-state index contributed by atoms with van der Waals surface area (Å²) in [4.78, 5) is 38.2. The van der Waals surface area contributed by atoms with Crippen LogP contribution in [-0.4, -0.2) is 54.2 Å². The lowest BCUT2D eigenvalue weighted by molar-refractivity contribution is -0.152. The highest BCUT2D eigenvalue weighted by molar-refractivity contribution is 5.82. The van der Waals surface area contributed by atoms with Crippen molar-refractivity contribution >= 4 is 18.0 Å². The predicted octanol–water partition coefficient (Wildman–Crippen LogP) is 3.24. The maximum absolute atomic E-state index is 12.8. The van der Waals surface area contributed by atoms with Crippen molar-refractivity contribution in [3.05, 3.63) is 59.7 Å². The largest absolute Gasteiger partial charge is 0.481 e. The van der Waals surface area contributed by atoms with Crippen molar-refractivity contribution in [2.75, 3.05) is 26.2 Å². The third kappa shape index (κ3) is 3.42. The van der Waals surface area contributed by atoms with Crippen molar-refractivity contribution in [2.45, 2.75) is 25.2 Å². The molecule has 2 fully saturated rings. The molecule has 3 aliphatic rings. The van der Waals surface area contributed by atoms with Gasteiger partial charge >= 0.3 is 12.1 Å². The number of hydrogen-bond acceptors (Lipinski definition) is 4. The molecule has 0 saturated carbocycles. The number of benzene rings is 2. The van der Waals surface area contributed by atoms with Crippen LogP contribution in [0.15, 0.2) is 48.5 Å². The summed E-state index contributed by atoms with van der Waals surface area (Å²) in [5.74, 6) is -1.62. The van der Waals surface area contributed by atoms with Gasteiger partial charge in [0.15, 0.2) is 0 Å². The standard InChI is InChI=1S/C25H26N2O5/c28-22-13-25(21(14-26-22)23(29)30)9-11-27(12-10-25)24(31)32-15-20-18-7-3-1-5-16(18)17-6-2-4-8-19(17)20/h1-8,20-21H,9-15H2,(H,26,28)(H,29,30). The Hall–Kier alpha value is -3.35. The van der Waals surface area contributed by atoms with Crippen molar-refractivity contribution in [2.24, 2.45) is 11.3 Å². The minimum Gasteiger partial charge on any atom is -0.481 e. The van der Waals surface area contributed by atoms with Crippen LogP contribution in [0, 0.1) is 11.3 Å². The predicted molar refractivity (Wildman–Crippen MR) is 117 cm³/mol. The summed E-state index contributed by atoms with van der Waals surface area (Å²) in [5, 5.41) is 12.3. The second-order valence-corrected chi connectivity index (χ2v) is 9.03. The van der Waals surface area contributed by atoms with Crippen LogP contribution in [0.3, 0.4) is 0 Å². The van der Waals surface area contributed by atoms with Gasteiger partial charge in [0.2, 0.25) is 5.91 Å². The minimum absolute atomic E-state index is 0.000846. The zero-order chi connectivity index (χ0) is 22.3. The lowest BCUT2D eigenvalue weighted by Crippen LogP contribution is -2.56. The number of carboxylic acids is 1.